The summed E-state index contributed by atoms with van der Waals surface area (Å²) in [4.78, 5) is 4.46. The second-order valence-electron chi connectivity index (χ2n) is 4.58. The van der Waals surface area contributed by atoms with E-state index in [0.717, 1.165) is 30.4 Å². The molecule has 17 heavy (non-hydrogen) atoms. The fourth-order valence-corrected chi connectivity index (χ4v) is 2.18. The van der Waals surface area contributed by atoms with Crippen molar-refractivity contribution in [3.05, 3.63) is 29.3 Å². The van der Waals surface area contributed by atoms with E-state index >= 15 is 0 Å². The Balaban J connectivity index is 2.06. The molecule has 1 saturated carbocycles. The lowest BCUT2D eigenvalue weighted by molar-refractivity contribution is 0.470. The zero-order valence-electron chi connectivity index (χ0n) is 9.93. The predicted octanol–water partition coefficient (Wildman–Crippen LogP) is 2.81. The van der Waals surface area contributed by atoms with Crippen molar-refractivity contribution in [2.75, 3.05) is 0 Å². The lowest BCUT2D eigenvalue weighted by Crippen LogP contribution is -1.99. The van der Waals surface area contributed by atoms with Crippen molar-refractivity contribution in [2.24, 2.45) is 10.9 Å². The number of nitrogens with zero attached hydrogens (tertiary/aromatic N) is 2. The van der Waals surface area contributed by atoms with Gasteiger partial charge in [0.25, 0.3) is 0 Å². The van der Waals surface area contributed by atoms with E-state index in [4.69, 9.17) is 5.26 Å². The molecule has 2 unspecified atom stereocenters. The van der Waals surface area contributed by atoms with E-state index in [1.54, 1.807) is 6.21 Å². The average molecular weight is 228 g/mol. The number of para-hydroxylation sites is 1. The van der Waals surface area contributed by atoms with E-state index in [-0.39, 0.29) is 12.0 Å². The van der Waals surface area contributed by atoms with Crippen molar-refractivity contribution in [1.29, 1.82) is 5.26 Å². The molecular weight excluding hydrogens is 212 g/mol. The first-order valence-corrected chi connectivity index (χ1v) is 5.92. The lowest BCUT2D eigenvalue weighted by Gasteiger charge is -2.04. The van der Waals surface area contributed by atoms with Gasteiger partial charge in [0, 0.05) is 17.7 Å². The molecule has 0 aromatic heterocycles. The second kappa shape index (κ2) is 5.01. The molecule has 1 aliphatic rings. The van der Waals surface area contributed by atoms with Crippen LogP contribution in [0.25, 0.3) is 0 Å². The number of phenolic OH excluding ortho intramolecular Hbond substituents is 1. The first-order valence-electron chi connectivity index (χ1n) is 5.92. The summed E-state index contributed by atoms with van der Waals surface area (Å²) in [7, 11) is 0. The van der Waals surface area contributed by atoms with Crippen LogP contribution in [0.15, 0.2) is 23.2 Å². The van der Waals surface area contributed by atoms with Gasteiger partial charge >= 0.3 is 0 Å². The predicted molar refractivity (Wildman–Crippen MR) is 67.2 cm³/mol. The smallest absolute Gasteiger partial charge is 0.127 e. The van der Waals surface area contributed by atoms with Gasteiger partial charge in [0.15, 0.2) is 0 Å². The summed E-state index contributed by atoms with van der Waals surface area (Å²) in [6.07, 6.45) is 4.49. The monoisotopic (exact) mass is 228 g/mol. The largest absolute Gasteiger partial charge is 0.507 e. The molecule has 2 rings (SSSR count). The van der Waals surface area contributed by atoms with Crippen molar-refractivity contribution < 1.29 is 5.11 Å². The van der Waals surface area contributed by atoms with Gasteiger partial charge in [0.2, 0.25) is 0 Å². The molecule has 2 atom stereocenters. The van der Waals surface area contributed by atoms with Crippen LogP contribution in [0, 0.1) is 24.2 Å². The van der Waals surface area contributed by atoms with Gasteiger partial charge in [0.05, 0.1) is 12.1 Å². The van der Waals surface area contributed by atoms with Crippen LogP contribution < -0.4 is 0 Å². The molecule has 3 heteroatoms. The number of aliphatic imine (C=N–C) groups is 1. The molecule has 1 aromatic rings. The van der Waals surface area contributed by atoms with Gasteiger partial charge in [-0.25, -0.2) is 0 Å². The van der Waals surface area contributed by atoms with Crippen LogP contribution in [0.5, 0.6) is 5.75 Å². The fourth-order valence-electron chi connectivity index (χ4n) is 2.18. The Labute approximate surface area is 101 Å². The van der Waals surface area contributed by atoms with Crippen LogP contribution in [-0.2, 0) is 0 Å². The molecule has 1 N–H and O–H groups in total. The number of hydrogen-bond donors (Lipinski definition) is 1. The zero-order chi connectivity index (χ0) is 12.3. The highest BCUT2D eigenvalue weighted by Gasteiger charge is 2.23. The maximum absolute atomic E-state index is 9.83. The van der Waals surface area contributed by atoms with Crippen LogP contribution in [0.2, 0.25) is 0 Å². The topological polar surface area (TPSA) is 56.4 Å². The third-order valence-electron chi connectivity index (χ3n) is 3.28. The minimum atomic E-state index is 0.156. The fraction of sp³-hybridized carbons (Fsp3) is 0.429. The molecule has 1 fully saturated rings. The summed E-state index contributed by atoms with van der Waals surface area (Å²) in [6, 6.07) is 8.15. The highest BCUT2D eigenvalue weighted by molar-refractivity contribution is 5.84. The normalized spacial score (nSPS) is 24.0. The van der Waals surface area contributed by atoms with Crippen molar-refractivity contribution in [3.8, 4) is 11.8 Å². The molecule has 3 nitrogen and oxygen atoms in total. The summed E-state index contributed by atoms with van der Waals surface area (Å²) in [5, 5.41) is 18.6. The number of rotatable bonds is 2. The summed E-state index contributed by atoms with van der Waals surface area (Å²) < 4.78 is 0. The Bertz CT molecular complexity index is 474. The Kier molecular flexibility index (Phi) is 3.43. The van der Waals surface area contributed by atoms with Crippen LogP contribution in [0.3, 0.4) is 0 Å². The first kappa shape index (κ1) is 11.7. The molecular formula is C14H16N2O. The van der Waals surface area contributed by atoms with E-state index in [1.807, 2.05) is 25.1 Å². The summed E-state index contributed by atoms with van der Waals surface area (Å²) in [6.45, 7) is 1.87. The summed E-state index contributed by atoms with van der Waals surface area (Å²) in [5.74, 6) is 0.453. The number of aryl methyl sites for hydroxylation is 1. The van der Waals surface area contributed by atoms with Crippen molar-refractivity contribution in [3.63, 3.8) is 0 Å². The number of aromatic hydroxyl groups is 1. The van der Waals surface area contributed by atoms with Crippen molar-refractivity contribution >= 4 is 6.21 Å². The maximum atomic E-state index is 9.83. The quantitative estimate of drug-likeness (QED) is 0.791. The van der Waals surface area contributed by atoms with Gasteiger partial charge in [0.1, 0.15) is 5.75 Å². The molecule has 1 aromatic carbocycles. The third-order valence-corrected chi connectivity index (χ3v) is 3.28. The molecule has 0 saturated heterocycles. The van der Waals surface area contributed by atoms with Gasteiger partial charge in [-0.3, -0.25) is 4.99 Å². The number of phenols is 1. The standard InChI is InChI=1S/C14H16N2O/c1-10-3-2-4-12(14(10)17)9-16-13-6-5-11(7-13)8-15/h2-4,9,11,13,17H,5-7H2,1H3. The first-order chi connectivity index (χ1) is 8.20. The molecule has 88 valence electrons. The van der Waals surface area contributed by atoms with E-state index < -0.39 is 0 Å². The van der Waals surface area contributed by atoms with Crippen LogP contribution >= 0.6 is 0 Å². The molecule has 0 bridgehead atoms. The van der Waals surface area contributed by atoms with E-state index in [0.29, 0.717) is 5.75 Å². The molecule has 0 spiro atoms. The molecule has 0 aliphatic heterocycles. The van der Waals surface area contributed by atoms with Gasteiger partial charge in [-0.1, -0.05) is 12.1 Å². The van der Waals surface area contributed by atoms with Gasteiger partial charge in [-0.05, 0) is 37.8 Å². The van der Waals surface area contributed by atoms with Crippen molar-refractivity contribution in [1.82, 2.24) is 0 Å². The molecule has 0 amide bonds. The second-order valence-corrected chi connectivity index (χ2v) is 4.58. The molecule has 1 aliphatic carbocycles. The maximum Gasteiger partial charge on any atom is 0.127 e. The van der Waals surface area contributed by atoms with Gasteiger partial charge in [-0.15, -0.1) is 0 Å². The molecule has 0 radical (unpaired) electrons. The zero-order valence-corrected chi connectivity index (χ0v) is 9.93. The Hall–Kier alpha value is -1.82. The SMILES string of the molecule is Cc1cccc(C=NC2CCC(C#N)C2)c1O. The van der Waals surface area contributed by atoms with E-state index in [2.05, 4.69) is 11.1 Å². The van der Waals surface area contributed by atoms with Crippen LogP contribution in [0.1, 0.15) is 30.4 Å². The summed E-state index contributed by atoms with van der Waals surface area (Å²) in [5.41, 5.74) is 1.61. The van der Waals surface area contributed by atoms with Crippen LogP contribution in [0.4, 0.5) is 0 Å². The summed E-state index contributed by atoms with van der Waals surface area (Å²) >= 11 is 0. The molecule has 0 heterocycles. The van der Waals surface area contributed by atoms with Gasteiger partial charge < -0.3 is 5.11 Å². The number of benzene rings is 1. The minimum Gasteiger partial charge on any atom is -0.507 e. The minimum absolute atomic E-state index is 0.156. The van der Waals surface area contributed by atoms with Crippen LogP contribution in [-0.4, -0.2) is 17.4 Å². The Morgan fingerprint density at radius 2 is 2.29 bits per heavy atom. The third kappa shape index (κ3) is 2.65. The Morgan fingerprint density at radius 1 is 1.47 bits per heavy atom. The lowest BCUT2D eigenvalue weighted by atomic mass is 10.1. The number of nitriles is 1. The Morgan fingerprint density at radius 3 is 3.00 bits per heavy atom. The van der Waals surface area contributed by atoms with Gasteiger partial charge in [-0.2, -0.15) is 5.26 Å². The highest BCUT2D eigenvalue weighted by atomic mass is 16.3. The van der Waals surface area contributed by atoms with E-state index in [1.165, 1.54) is 0 Å². The van der Waals surface area contributed by atoms with Crippen molar-refractivity contribution in [2.45, 2.75) is 32.2 Å². The average Bonchev–Trinajstić information content (AvgIpc) is 2.79. The number of hydrogen-bond acceptors (Lipinski definition) is 3. The highest BCUT2D eigenvalue weighted by Crippen LogP contribution is 2.27. The van der Waals surface area contributed by atoms with E-state index in [9.17, 15) is 5.11 Å².